The third-order valence-corrected chi connectivity index (χ3v) is 3.03. The molecule has 2 N–H and O–H groups in total. The van der Waals surface area contributed by atoms with Gasteiger partial charge in [-0.2, -0.15) is 0 Å². The summed E-state index contributed by atoms with van der Waals surface area (Å²) in [7, 11) is 0. The van der Waals surface area contributed by atoms with Crippen LogP contribution in [-0.4, -0.2) is 24.0 Å². The van der Waals surface area contributed by atoms with Crippen molar-refractivity contribution in [2.75, 3.05) is 13.2 Å². The molecule has 4 nitrogen and oxygen atoms in total. The first-order chi connectivity index (χ1) is 9.15. The van der Waals surface area contributed by atoms with Gasteiger partial charge < -0.3 is 15.0 Å². The molecule has 0 spiro atoms. The van der Waals surface area contributed by atoms with Gasteiger partial charge in [-0.25, -0.2) is 0 Å². The normalized spacial score (nSPS) is 10.2. The van der Waals surface area contributed by atoms with Gasteiger partial charge >= 0.3 is 0 Å². The Morgan fingerprint density at radius 2 is 2.11 bits per heavy atom. The summed E-state index contributed by atoms with van der Waals surface area (Å²) in [5, 5.41) is 2.78. The summed E-state index contributed by atoms with van der Waals surface area (Å²) in [6.07, 6.45) is 1.72. The first-order valence-electron chi connectivity index (χ1n) is 5.97. The zero-order valence-corrected chi connectivity index (χ0v) is 12.2. The zero-order chi connectivity index (χ0) is 13.7. The van der Waals surface area contributed by atoms with Crippen LogP contribution >= 0.6 is 15.9 Å². The summed E-state index contributed by atoms with van der Waals surface area (Å²) in [6, 6.07) is 9.55. The van der Waals surface area contributed by atoms with Gasteiger partial charge in [0.25, 0.3) is 5.91 Å². The molecule has 0 unspecified atom stereocenters. The van der Waals surface area contributed by atoms with Gasteiger partial charge in [-0.1, -0.05) is 17.7 Å². The average molecular weight is 323 g/mol. The third kappa shape index (κ3) is 4.13. The molecule has 0 radical (unpaired) electrons. The van der Waals surface area contributed by atoms with Crippen molar-refractivity contribution in [1.82, 2.24) is 10.3 Å². The number of benzene rings is 1. The van der Waals surface area contributed by atoms with E-state index in [0.29, 0.717) is 18.8 Å². The number of halogens is 1. The molecule has 0 aliphatic rings. The largest absolute Gasteiger partial charge is 0.492 e. The van der Waals surface area contributed by atoms with Gasteiger partial charge in [-0.3, -0.25) is 4.79 Å². The van der Waals surface area contributed by atoms with E-state index in [1.54, 1.807) is 12.3 Å². The molecule has 0 aliphatic heterocycles. The lowest BCUT2D eigenvalue weighted by atomic mass is 10.2. The molecule has 0 aliphatic carbocycles. The van der Waals surface area contributed by atoms with Gasteiger partial charge in [0.1, 0.15) is 18.1 Å². The first-order valence-corrected chi connectivity index (χ1v) is 6.76. The molecule has 1 amide bonds. The number of carbonyl (C=O) groups excluding carboxylic acids is 1. The van der Waals surface area contributed by atoms with Crippen LogP contribution in [0.15, 0.2) is 41.0 Å². The van der Waals surface area contributed by atoms with E-state index in [2.05, 4.69) is 26.2 Å². The Morgan fingerprint density at radius 1 is 1.37 bits per heavy atom. The van der Waals surface area contributed by atoms with Crippen LogP contribution in [-0.2, 0) is 0 Å². The van der Waals surface area contributed by atoms with E-state index in [9.17, 15) is 4.79 Å². The van der Waals surface area contributed by atoms with E-state index in [4.69, 9.17) is 4.74 Å². The van der Waals surface area contributed by atoms with Crippen molar-refractivity contribution in [2.45, 2.75) is 6.92 Å². The number of aromatic nitrogens is 1. The van der Waals surface area contributed by atoms with Crippen molar-refractivity contribution < 1.29 is 9.53 Å². The minimum absolute atomic E-state index is 0.141. The number of rotatable bonds is 5. The molecule has 1 aromatic carbocycles. The Hall–Kier alpha value is -1.75. The van der Waals surface area contributed by atoms with Crippen molar-refractivity contribution in [2.24, 2.45) is 0 Å². The molecular formula is C14H15BrN2O2. The molecule has 1 aromatic heterocycles. The van der Waals surface area contributed by atoms with Crippen LogP contribution in [0.1, 0.15) is 16.1 Å². The molecule has 2 aromatic rings. The van der Waals surface area contributed by atoms with Crippen LogP contribution < -0.4 is 10.1 Å². The maximum absolute atomic E-state index is 11.7. The number of aryl methyl sites for hydroxylation is 1. The summed E-state index contributed by atoms with van der Waals surface area (Å²) in [4.78, 5) is 14.6. The van der Waals surface area contributed by atoms with Crippen LogP contribution in [0.3, 0.4) is 0 Å². The standard InChI is InChI=1S/C14H15BrN2O2/c1-10-2-4-12(5-3-10)19-7-6-16-14(18)13-8-11(15)9-17-13/h2-5,8-9,17H,6-7H2,1H3,(H,16,18). The Morgan fingerprint density at radius 3 is 2.74 bits per heavy atom. The fourth-order valence-electron chi connectivity index (χ4n) is 1.56. The molecule has 0 fully saturated rings. The summed E-state index contributed by atoms with van der Waals surface area (Å²) >= 11 is 3.28. The highest BCUT2D eigenvalue weighted by Crippen LogP contribution is 2.11. The predicted octanol–water partition coefficient (Wildman–Crippen LogP) is 2.89. The van der Waals surface area contributed by atoms with E-state index in [1.807, 2.05) is 31.2 Å². The second-order valence-electron chi connectivity index (χ2n) is 4.15. The smallest absolute Gasteiger partial charge is 0.267 e. The Balaban J connectivity index is 1.72. The van der Waals surface area contributed by atoms with Crippen LogP contribution in [0.5, 0.6) is 5.75 Å². The molecule has 2 rings (SSSR count). The third-order valence-electron chi connectivity index (χ3n) is 2.57. The summed E-state index contributed by atoms with van der Waals surface area (Å²) in [5.41, 5.74) is 1.72. The van der Waals surface area contributed by atoms with Crippen LogP contribution in [0.4, 0.5) is 0 Å². The molecule has 0 saturated carbocycles. The van der Waals surface area contributed by atoms with Gasteiger partial charge in [0.05, 0.1) is 6.54 Å². The van der Waals surface area contributed by atoms with Crippen molar-refractivity contribution in [1.29, 1.82) is 0 Å². The van der Waals surface area contributed by atoms with E-state index in [-0.39, 0.29) is 5.91 Å². The molecule has 0 atom stereocenters. The van der Waals surface area contributed by atoms with Crippen molar-refractivity contribution in [3.05, 3.63) is 52.3 Å². The second-order valence-corrected chi connectivity index (χ2v) is 5.06. The molecule has 0 saturated heterocycles. The van der Waals surface area contributed by atoms with Crippen LogP contribution in [0.25, 0.3) is 0 Å². The molecule has 5 heteroatoms. The zero-order valence-electron chi connectivity index (χ0n) is 10.6. The highest BCUT2D eigenvalue weighted by Gasteiger charge is 2.06. The van der Waals surface area contributed by atoms with Gasteiger partial charge in [-0.05, 0) is 41.1 Å². The molecule has 0 bridgehead atoms. The molecule has 1 heterocycles. The number of ether oxygens (including phenoxy) is 1. The maximum Gasteiger partial charge on any atom is 0.267 e. The molecule has 19 heavy (non-hydrogen) atoms. The molecule has 100 valence electrons. The highest BCUT2D eigenvalue weighted by atomic mass is 79.9. The van der Waals surface area contributed by atoms with E-state index >= 15 is 0 Å². The van der Waals surface area contributed by atoms with E-state index < -0.39 is 0 Å². The quantitative estimate of drug-likeness (QED) is 0.832. The lowest BCUT2D eigenvalue weighted by Gasteiger charge is -2.07. The Kier molecular flexibility index (Phi) is 4.63. The van der Waals surface area contributed by atoms with Gasteiger partial charge in [0.15, 0.2) is 0 Å². The lowest BCUT2D eigenvalue weighted by molar-refractivity contribution is 0.0942. The van der Waals surface area contributed by atoms with Gasteiger partial charge in [0, 0.05) is 10.7 Å². The summed E-state index contributed by atoms with van der Waals surface area (Å²) in [5.74, 6) is 0.667. The molecular weight excluding hydrogens is 308 g/mol. The highest BCUT2D eigenvalue weighted by molar-refractivity contribution is 9.10. The van der Waals surface area contributed by atoms with Crippen LogP contribution in [0, 0.1) is 6.92 Å². The second kappa shape index (κ2) is 6.43. The fraction of sp³-hybridized carbons (Fsp3) is 0.214. The first kappa shape index (κ1) is 13.7. The number of aromatic amines is 1. The number of H-pyrrole nitrogens is 1. The number of carbonyl (C=O) groups is 1. The fourth-order valence-corrected chi connectivity index (χ4v) is 1.91. The summed E-state index contributed by atoms with van der Waals surface area (Å²) in [6.45, 7) is 2.93. The van der Waals surface area contributed by atoms with Crippen LogP contribution in [0.2, 0.25) is 0 Å². The summed E-state index contributed by atoms with van der Waals surface area (Å²) < 4.78 is 6.37. The van der Waals surface area contributed by atoms with Crippen molar-refractivity contribution >= 4 is 21.8 Å². The average Bonchev–Trinajstić information content (AvgIpc) is 2.83. The predicted molar refractivity (Wildman–Crippen MR) is 77.5 cm³/mol. The maximum atomic E-state index is 11.7. The lowest BCUT2D eigenvalue weighted by Crippen LogP contribution is -2.28. The monoisotopic (exact) mass is 322 g/mol. The number of amides is 1. The number of hydrogen-bond donors (Lipinski definition) is 2. The van der Waals surface area contributed by atoms with E-state index in [1.165, 1.54) is 5.56 Å². The number of nitrogens with one attached hydrogen (secondary N) is 2. The Labute approximate surface area is 120 Å². The van der Waals surface area contributed by atoms with E-state index in [0.717, 1.165) is 10.2 Å². The minimum atomic E-state index is -0.141. The SMILES string of the molecule is Cc1ccc(OCCNC(=O)c2cc(Br)c[nH]2)cc1. The Bertz CT molecular complexity index is 549. The van der Waals surface area contributed by atoms with Gasteiger partial charge in [0.2, 0.25) is 0 Å². The van der Waals surface area contributed by atoms with Crippen molar-refractivity contribution in [3.8, 4) is 5.75 Å². The van der Waals surface area contributed by atoms with Gasteiger partial charge in [-0.15, -0.1) is 0 Å². The van der Waals surface area contributed by atoms with Crippen molar-refractivity contribution in [3.63, 3.8) is 0 Å². The minimum Gasteiger partial charge on any atom is -0.492 e. The number of hydrogen-bond acceptors (Lipinski definition) is 2. The topological polar surface area (TPSA) is 54.1 Å².